The van der Waals surface area contributed by atoms with Crippen molar-refractivity contribution in [2.45, 2.75) is 95.0 Å². The van der Waals surface area contributed by atoms with Gasteiger partial charge in [0.05, 0.1) is 23.3 Å². The molecule has 2 fully saturated rings. The number of rotatable bonds is 6. The van der Waals surface area contributed by atoms with Gasteiger partial charge in [-0.25, -0.2) is 19.6 Å². The number of benzene rings is 1. The van der Waals surface area contributed by atoms with E-state index < -0.39 is 46.6 Å². The molecule has 4 atom stereocenters. The fraction of sp³-hybridized carbons (Fsp3) is 0.500. The average Bonchev–Trinajstić information content (AvgIpc) is 3.62. The third-order valence-electron chi connectivity index (χ3n) is 7.67. The van der Waals surface area contributed by atoms with Crippen molar-refractivity contribution in [3.63, 3.8) is 0 Å². The Morgan fingerprint density at radius 3 is 2.31 bits per heavy atom. The molecular weight excluding hydrogens is 638 g/mol. The van der Waals surface area contributed by atoms with E-state index in [9.17, 15) is 19.5 Å². The van der Waals surface area contributed by atoms with Crippen molar-refractivity contribution in [2.24, 2.45) is 0 Å². The molecule has 1 aromatic carbocycles. The summed E-state index contributed by atoms with van der Waals surface area (Å²) in [5, 5.41) is 12.8. The van der Waals surface area contributed by atoms with E-state index in [1.54, 1.807) is 58.3 Å². The number of ether oxygens (including phenoxy) is 4. The molecule has 2 aliphatic rings. The van der Waals surface area contributed by atoms with Gasteiger partial charge in [-0.05, 0) is 58.9 Å². The van der Waals surface area contributed by atoms with Gasteiger partial charge in [-0.2, -0.15) is 4.90 Å². The van der Waals surface area contributed by atoms with Gasteiger partial charge in [-0.15, -0.1) is 18.2 Å². The van der Waals surface area contributed by atoms with Crippen LogP contribution in [0.4, 0.5) is 15.4 Å². The number of fused-ring (bicyclic) bond motifs is 2. The van der Waals surface area contributed by atoms with Gasteiger partial charge in [-0.3, -0.25) is 4.79 Å². The number of carbonyl (C=O) groups is 3. The van der Waals surface area contributed by atoms with Gasteiger partial charge in [0.25, 0.3) is 5.91 Å². The van der Waals surface area contributed by atoms with Gasteiger partial charge in [0.1, 0.15) is 40.4 Å². The van der Waals surface area contributed by atoms with Crippen molar-refractivity contribution in [1.82, 2.24) is 19.9 Å². The monoisotopic (exact) mass is 679 g/mol. The minimum Gasteiger partial charge on any atom is -0.497 e. The maximum absolute atomic E-state index is 13.3. The van der Waals surface area contributed by atoms with Crippen LogP contribution in [0.2, 0.25) is 0 Å². The van der Waals surface area contributed by atoms with E-state index in [1.165, 1.54) is 11.8 Å². The highest BCUT2D eigenvalue weighted by molar-refractivity contribution is 8.00. The van der Waals surface area contributed by atoms with Gasteiger partial charge in [0.15, 0.2) is 11.6 Å². The highest BCUT2D eigenvalue weighted by atomic mass is 32.2. The number of aromatic nitrogens is 3. The summed E-state index contributed by atoms with van der Waals surface area (Å²) in [6.45, 7) is 14.5. The molecule has 0 radical (unpaired) electrons. The summed E-state index contributed by atoms with van der Waals surface area (Å²) >= 11 is 1.51. The fourth-order valence-electron chi connectivity index (χ4n) is 5.58. The highest BCUT2D eigenvalue weighted by Gasteiger charge is 2.55. The third kappa shape index (κ3) is 6.94. The maximum atomic E-state index is 13.3. The van der Waals surface area contributed by atoms with Gasteiger partial charge in [0, 0.05) is 23.7 Å². The second-order valence-corrected chi connectivity index (χ2v) is 15.4. The maximum Gasteiger partial charge on any atom is 0.425 e. The van der Waals surface area contributed by atoms with Crippen LogP contribution in [0.1, 0.15) is 82.5 Å². The van der Waals surface area contributed by atoms with E-state index in [4.69, 9.17) is 30.4 Å². The number of amides is 3. The Hall–Kier alpha value is -4.32. The molecule has 256 valence electrons. The van der Waals surface area contributed by atoms with E-state index in [0.717, 1.165) is 0 Å². The summed E-state index contributed by atoms with van der Waals surface area (Å²) in [6.07, 6.45) is 4.05. The zero-order valence-electron chi connectivity index (χ0n) is 28.5. The first kappa shape index (κ1) is 35.0. The first-order valence-electron chi connectivity index (χ1n) is 15.4. The zero-order valence-corrected chi connectivity index (χ0v) is 29.3. The summed E-state index contributed by atoms with van der Waals surface area (Å²) in [5.41, 5.74) is -0.550. The van der Waals surface area contributed by atoms with Crippen LogP contribution in [0, 0.1) is 12.3 Å². The zero-order chi connectivity index (χ0) is 35.3. The van der Waals surface area contributed by atoms with Gasteiger partial charge < -0.3 is 33.9 Å². The number of terminal acetylenes is 1. The Bertz CT molecular complexity index is 1780. The lowest BCUT2D eigenvalue weighted by atomic mass is 9.95. The van der Waals surface area contributed by atoms with Crippen molar-refractivity contribution in [2.75, 3.05) is 18.6 Å². The summed E-state index contributed by atoms with van der Waals surface area (Å²) in [5.74, 6) is 2.19. The number of nitrogens with one attached hydrogen (secondary N) is 1. The first-order valence-corrected chi connectivity index (χ1v) is 16.4. The molecule has 5 rings (SSSR count). The Morgan fingerprint density at radius 1 is 1.10 bits per heavy atom. The molecule has 2 aliphatic heterocycles. The molecule has 3 amide bonds. The second-order valence-electron chi connectivity index (χ2n) is 14.1. The Kier molecular flexibility index (Phi) is 9.19. The molecule has 3 aromatic rings. The number of anilines is 1. The van der Waals surface area contributed by atoms with Crippen LogP contribution in [0.25, 0.3) is 11.0 Å². The Morgan fingerprint density at radius 2 is 1.75 bits per heavy atom. The number of carboxylic acid groups (broad SMARTS) is 1. The normalized spacial score (nSPS) is 21.8. The summed E-state index contributed by atoms with van der Waals surface area (Å²) in [6, 6.07) is 6.82. The topological polar surface area (TPSA) is 154 Å². The van der Waals surface area contributed by atoms with Crippen LogP contribution in [-0.4, -0.2) is 80.2 Å². The van der Waals surface area contributed by atoms with Crippen molar-refractivity contribution in [1.29, 1.82) is 0 Å². The highest BCUT2D eigenvalue weighted by Crippen LogP contribution is 2.52. The van der Waals surface area contributed by atoms with E-state index >= 15 is 0 Å². The fourth-order valence-corrected chi connectivity index (χ4v) is 7.14. The predicted molar refractivity (Wildman–Crippen MR) is 180 cm³/mol. The van der Waals surface area contributed by atoms with Crippen molar-refractivity contribution in [3.05, 3.63) is 47.4 Å². The molecule has 0 spiro atoms. The molecule has 14 heteroatoms. The SMILES string of the molecule is C#Cc1cn([C@@H]2S[C@H](CNC(=O)c3ccc(OC)cc3)[C@H]3OC(C)(C)O[C@H]32)c2nc(C(C)(C)C)nc(N(C(=O)O)C(=O)OC(C)(C)C)c12. The lowest BCUT2D eigenvalue weighted by molar-refractivity contribution is -0.148. The minimum atomic E-state index is -1.59. The smallest absolute Gasteiger partial charge is 0.425 e. The van der Waals surface area contributed by atoms with E-state index in [1.807, 2.05) is 39.2 Å². The van der Waals surface area contributed by atoms with Crippen LogP contribution < -0.4 is 15.0 Å². The molecule has 4 heterocycles. The van der Waals surface area contributed by atoms with Crippen LogP contribution in [-0.2, 0) is 19.6 Å². The van der Waals surface area contributed by atoms with Crippen molar-refractivity contribution in [3.8, 4) is 18.1 Å². The summed E-state index contributed by atoms with van der Waals surface area (Å²) in [7, 11) is 1.56. The number of hydrogen-bond acceptors (Lipinski definition) is 10. The molecule has 0 bridgehead atoms. The standard InChI is InChI=1S/C34H41N5O8S/c1-11-18-17-38(25-22(18)26(37-29(36-25)32(2,3)4)39(30(41)42)31(43)47-33(5,6)7)28-24-23(45-34(8,9)46-24)21(48-28)16-35-27(40)19-12-14-20(44-10)15-13-19/h1,12-15,17,21,23-24,28H,16H2,2-10H3,(H,35,40)(H,41,42)/t21-,23-,24-,28-/m1/s1. The number of imide groups is 1. The lowest BCUT2D eigenvalue weighted by Crippen LogP contribution is -2.41. The van der Waals surface area contributed by atoms with Crippen LogP contribution in [0.3, 0.4) is 0 Å². The van der Waals surface area contributed by atoms with Gasteiger partial charge in [-0.1, -0.05) is 26.7 Å². The summed E-state index contributed by atoms with van der Waals surface area (Å²) in [4.78, 5) is 49.0. The first-order chi connectivity index (χ1) is 22.3. The average molecular weight is 680 g/mol. The molecule has 0 saturated carbocycles. The number of thioether (sulfide) groups is 1. The number of methoxy groups -OCH3 is 1. The number of nitrogens with zero attached hydrogens (tertiary/aromatic N) is 4. The molecule has 13 nitrogen and oxygen atoms in total. The molecular formula is C34H41N5O8S. The lowest BCUT2D eigenvalue weighted by Gasteiger charge is -2.26. The van der Waals surface area contributed by atoms with Crippen LogP contribution in [0.15, 0.2) is 30.5 Å². The molecule has 48 heavy (non-hydrogen) atoms. The Labute approximate surface area is 283 Å². The Balaban J connectivity index is 1.58. The largest absolute Gasteiger partial charge is 0.497 e. The quantitative estimate of drug-likeness (QED) is 0.308. The number of hydrogen-bond donors (Lipinski definition) is 2. The molecule has 2 aromatic heterocycles. The van der Waals surface area contributed by atoms with Crippen LogP contribution in [0.5, 0.6) is 5.75 Å². The van der Waals surface area contributed by atoms with Gasteiger partial charge >= 0.3 is 12.2 Å². The molecule has 2 N–H and O–H groups in total. The number of carbonyl (C=O) groups excluding carboxylic acids is 2. The molecule has 0 unspecified atom stereocenters. The van der Waals surface area contributed by atoms with Crippen molar-refractivity contribution < 1.29 is 38.4 Å². The predicted octanol–water partition coefficient (Wildman–Crippen LogP) is 5.70. The molecule has 2 saturated heterocycles. The third-order valence-corrected chi connectivity index (χ3v) is 9.23. The minimum absolute atomic E-state index is 0.199. The van der Waals surface area contributed by atoms with E-state index in [2.05, 4.69) is 16.2 Å². The van der Waals surface area contributed by atoms with Gasteiger partial charge in [0.2, 0.25) is 0 Å². The van der Waals surface area contributed by atoms with Crippen LogP contribution >= 0.6 is 11.8 Å². The van der Waals surface area contributed by atoms with Crippen molar-refractivity contribution >= 4 is 46.7 Å². The van der Waals surface area contributed by atoms with E-state index in [-0.39, 0.29) is 40.3 Å². The second kappa shape index (κ2) is 12.6. The van der Waals surface area contributed by atoms with E-state index in [0.29, 0.717) is 21.9 Å². The summed E-state index contributed by atoms with van der Waals surface area (Å²) < 4.78 is 25.3. The molecule has 0 aliphatic carbocycles.